The zero-order valence-electron chi connectivity index (χ0n) is 14.9. The van der Waals surface area contributed by atoms with Crippen molar-refractivity contribution in [3.63, 3.8) is 0 Å². The fourth-order valence-electron chi connectivity index (χ4n) is 2.20. The summed E-state index contributed by atoms with van der Waals surface area (Å²) in [7, 11) is 3.20. The van der Waals surface area contributed by atoms with Gasteiger partial charge in [-0.25, -0.2) is 4.79 Å². The fraction of sp³-hybridized carbons (Fsp3) is 0.250. The van der Waals surface area contributed by atoms with Crippen molar-refractivity contribution in [1.29, 1.82) is 5.26 Å². The van der Waals surface area contributed by atoms with E-state index in [1.165, 1.54) is 4.90 Å². The van der Waals surface area contributed by atoms with Crippen LogP contribution in [0.1, 0.15) is 24.2 Å². The average molecular weight is 352 g/mol. The number of carbonyl (C=O) groups is 2. The zero-order valence-corrected chi connectivity index (χ0v) is 14.9. The van der Waals surface area contributed by atoms with E-state index in [2.05, 4.69) is 0 Å². The van der Waals surface area contributed by atoms with Gasteiger partial charge in [-0.3, -0.25) is 4.79 Å². The van der Waals surface area contributed by atoms with E-state index < -0.39 is 18.2 Å². The number of hydrogen-bond donors (Lipinski definition) is 0. The minimum absolute atomic E-state index is 0.338. The van der Waals surface area contributed by atoms with E-state index in [1.807, 2.05) is 12.1 Å². The Hall–Kier alpha value is -3.33. The molecule has 0 fully saturated rings. The first-order chi connectivity index (χ1) is 12.4. The van der Waals surface area contributed by atoms with Crippen LogP contribution < -0.4 is 4.74 Å². The van der Waals surface area contributed by atoms with E-state index in [4.69, 9.17) is 14.7 Å². The Labute approximate surface area is 152 Å². The number of rotatable bonds is 6. The Morgan fingerprint density at radius 1 is 1.04 bits per heavy atom. The molecule has 134 valence electrons. The van der Waals surface area contributed by atoms with Crippen LogP contribution in [0.25, 0.3) is 0 Å². The molecular weight excluding hydrogens is 332 g/mol. The number of esters is 1. The molecular formula is C20H20N2O4. The second kappa shape index (κ2) is 8.67. The van der Waals surface area contributed by atoms with Crippen molar-refractivity contribution in [1.82, 2.24) is 4.90 Å². The summed E-state index contributed by atoms with van der Waals surface area (Å²) >= 11 is 0. The number of nitriles is 1. The number of carbonyl (C=O) groups excluding carboxylic acids is 2. The average Bonchev–Trinajstić information content (AvgIpc) is 2.66. The Kier molecular flexibility index (Phi) is 6.34. The molecule has 26 heavy (non-hydrogen) atoms. The van der Waals surface area contributed by atoms with Crippen LogP contribution in [-0.4, -0.2) is 37.0 Å². The minimum Gasteiger partial charge on any atom is -0.479 e. The molecule has 6 heteroatoms. The lowest BCUT2D eigenvalue weighted by Gasteiger charge is -2.23. The predicted molar refractivity (Wildman–Crippen MR) is 95.2 cm³/mol. The van der Waals surface area contributed by atoms with Crippen LogP contribution in [0.2, 0.25) is 0 Å². The molecule has 0 aliphatic heterocycles. The zero-order chi connectivity index (χ0) is 19.1. The van der Waals surface area contributed by atoms with Crippen molar-refractivity contribution < 1.29 is 19.1 Å². The summed E-state index contributed by atoms with van der Waals surface area (Å²) in [6.45, 7) is 1.54. The molecule has 0 aliphatic rings. The summed E-state index contributed by atoms with van der Waals surface area (Å²) in [5.41, 5.74) is 1.08. The number of ether oxygens (including phenoxy) is 2. The number of amides is 1. The molecule has 2 aromatic carbocycles. The van der Waals surface area contributed by atoms with Gasteiger partial charge in [0.05, 0.1) is 11.6 Å². The smallest absolute Gasteiger partial charge is 0.348 e. The molecule has 0 spiro atoms. The minimum atomic E-state index is -1.04. The van der Waals surface area contributed by atoms with Crippen LogP contribution in [0, 0.1) is 11.3 Å². The van der Waals surface area contributed by atoms with Gasteiger partial charge in [-0.15, -0.1) is 0 Å². The van der Waals surface area contributed by atoms with Gasteiger partial charge in [0.1, 0.15) is 5.75 Å². The molecule has 0 saturated heterocycles. The Bertz CT molecular complexity index is 795. The summed E-state index contributed by atoms with van der Waals surface area (Å²) in [5, 5.41) is 8.80. The highest BCUT2D eigenvalue weighted by Gasteiger charge is 2.29. The molecule has 0 N–H and O–H groups in total. The van der Waals surface area contributed by atoms with Crippen LogP contribution in [0.4, 0.5) is 0 Å². The van der Waals surface area contributed by atoms with Crippen molar-refractivity contribution >= 4 is 11.9 Å². The first-order valence-corrected chi connectivity index (χ1v) is 8.05. The van der Waals surface area contributed by atoms with Gasteiger partial charge in [0.2, 0.25) is 6.10 Å². The molecule has 0 radical (unpaired) electrons. The van der Waals surface area contributed by atoms with Gasteiger partial charge < -0.3 is 14.4 Å². The molecule has 0 saturated carbocycles. The maximum atomic E-state index is 12.4. The SMILES string of the molecule is CC(Oc1ccc(C#N)cc1)C(=O)OC(C(=O)N(C)C)c1ccccc1. The van der Waals surface area contributed by atoms with Gasteiger partial charge in [-0.2, -0.15) is 5.26 Å². The van der Waals surface area contributed by atoms with Crippen molar-refractivity contribution in [2.75, 3.05) is 14.1 Å². The van der Waals surface area contributed by atoms with Crippen LogP contribution in [0.15, 0.2) is 54.6 Å². The van der Waals surface area contributed by atoms with E-state index in [1.54, 1.807) is 69.6 Å². The molecule has 0 bridgehead atoms. The van der Waals surface area contributed by atoms with E-state index in [-0.39, 0.29) is 5.91 Å². The molecule has 2 rings (SSSR count). The topological polar surface area (TPSA) is 79.6 Å². The molecule has 0 aliphatic carbocycles. The normalized spacial score (nSPS) is 12.4. The number of likely N-dealkylation sites (N-methyl/N-ethyl adjacent to an activating group) is 1. The Morgan fingerprint density at radius 3 is 2.19 bits per heavy atom. The maximum absolute atomic E-state index is 12.4. The quantitative estimate of drug-likeness (QED) is 0.747. The monoisotopic (exact) mass is 352 g/mol. The lowest BCUT2D eigenvalue weighted by Crippen LogP contribution is -2.35. The van der Waals surface area contributed by atoms with Crippen LogP contribution in [0.5, 0.6) is 5.75 Å². The van der Waals surface area contributed by atoms with E-state index >= 15 is 0 Å². The molecule has 1 amide bonds. The molecule has 0 heterocycles. The number of hydrogen-bond acceptors (Lipinski definition) is 5. The summed E-state index contributed by atoms with van der Waals surface area (Å²) in [4.78, 5) is 26.2. The first-order valence-electron chi connectivity index (χ1n) is 8.05. The van der Waals surface area contributed by atoms with Crippen LogP contribution in [-0.2, 0) is 14.3 Å². The maximum Gasteiger partial charge on any atom is 0.348 e. The van der Waals surface area contributed by atoms with Gasteiger partial charge in [0.15, 0.2) is 6.10 Å². The summed E-state index contributed by atoms with van der Waals surface area (Å²) in [6.07, 6.45) is -1.95. The molecule has 2 aromatic rings. The highest BCUT2D eigenvalue weighted by atomic mass is 16.6. The van der Waals surface area contributed by atoms with Gasteiger partial charge in [-0.1, -0.05) is 30.3 Å². The van der Waals surface area contributed by atoms with Gasteiger partial charge in [0, 0.05) is 19.7 Å². The van der Waals surface area contributed by atoms with E-state index in [0.29, 0.717) is 16.9 Å². The van der Waals surface area contributed by atoms with E-state index in [9.17, 15) is 9.59 Å². The molecule has 0 aromatic heterocycles. The van der Waals surface area contributed by atoms with Gasteiger partial charge in [0.25, 0.3) is 5.91 Å². The first kappa shape index (κ1) is 19.0. The summed E-state index contributed by atoms with van der Waals surface area (Å²) < 4.78 is 11.0. The van der Waals surface area contributed by atoms with Crippen molar-refractivity contribution in [2.45, 2.75) is 19.1 Å². The summed E-state index contributed by atoms with van der Waals surface area (Å²) in [6, 6.07) is 17.2. The lowest BCUT2D eigenvalue weighted by atomic mass is 10.1. The standard InChI is InChI=1S/C20H20N2O4/c1-14(25-17-11-9-15(13-21)10-12-17)20(24)26-18(19(23)22(2)3)16-7-5-4-6-8-16/h4-12,14,18H,1-3H3. The molecule has 2 unspecified atom stereocenters. The second-order valence-corrected chi connectivity index (χ2v) is 5.86. The second-order valence-electron chi connectivity index (χ2n) is 5.86. The van der Waals surface area contributed by atoms with Crippen molar-refractivity contribution in [2.24, 2.45) is 0 Å². The Balaban J connectivity index is 2.10. The highest BCUT2D eigenvalue weighted by Crippen LogP contribution is 2.21. The third-order valence-corrected chi connectivity index (χ3v) is 3.63. The highest BCUT2D eigenvalue weighted by molar-refractivity contribution is 5.85. The van der Waals surface area contributed by atoms with E-state index in [0.717, 1.165) is 0 Å². The summed E-state index contributed by atoms with van der Waals surface area (Å²) in [5.74, 6) is -0.558. The lowest BCUT2D eigenvalue weighted by molar-refractivity contribution is -0.165. The number of benzene rings is 2. The van der Waals surface area contributed by atoms with Crippen molar-refractivity contribution in [3.05, 3.63) is 65.7 Å². The molecule has 2 atom stereocenters. The van der Waals surface area contributed by atoms with Gasteiger partial charge in [-0.05, 0) is 31.2 Å². The van der Waals surface area contributed by atoms with Crippen LogP contribution >= 0.6 is 0 Å². The largest absolute Gasteiger partial charge is 0.479 e. The van der Waals surface area contributed by atoms with Gasteiger partial charge >= 0.3 is 5.97 Å². The fourth-order valence-corrected chi connectivity index (χ4v) is 2.20. The van der Waals surface area contributed by atoms with Crippen molar-refractivity contribution in [3.8, 4) is 11.8 Å². The number of nitrogens with zero attached hydrogens (tertiary/aromatic N) is 2. The predicted octanol–water partition coefficient (Wildman–Crippen LogP) is 2.70. The third kappa shape index (κ3) is 4.84. The van der Waals surface area contributed by atoms with Crippen LogP contribution in [0.3, 0.4) is 0 Å². The third-order valence-electron chi connectivity index (χ3n) is 3.63. The Morgan fingerprint density at radius 2 is 1.65 bits per heavy atom. The molecule has 6 nitrogen and oxygen atoms in total.